The molecule has 1 N–H and O–H groups in total. The average Bonchev–Trinajstić information content (AvgIpc) is 2.45. The van der Waals surface area contributed by atoms with Crippen molar-refractivity contribution in [3.63, 3.8) is 0 Å². The fourth-order valence-electron chi connectivity index (χ4n) is 3.37. The van der Waals surface area contributed by atoms with Crippen LogP contribution in [0, 0.1) is 11.8 Å². The number of guanidine groups is 1. The standard InChI is InChI=1S/C16H32N4/c1-14-6-10-20(11-7-14)16(17-3)18-8-12-19-9-4-5-15(2)13-19/h14-15H,4-13H2,1-3H3,(H,17,18). The van der Waals surface area contributed by atoms with Gasteiger partial charge in [-0.1, -0.05) is 13.8 Å². The maximum Gasteiger partial charge on any atom is 0.193 e. The van der Waals surface area contributed by atoms with E-state index in [1.807, 2.05) is 7.05 Å². The van der Waals surface area contributed by atoms with E-state index in [2.05, 4.69) is 34.0 Å². The maximum absolute atomic E-state index is 4.45. The third-order valence-electron chi connectivity index (χ3n) is 4.75. The van der Waals surface area contributed by atoms with Gasteiger partial charge in [-0.25, -0.2) is 0 Å². The van der Waals surface area contributed by atoms with Gasteiger partial charge in [0.2, 0.25) is 0 Å². The van der Waals surface area contributed by atoms with Gasteiger partial charge < -0.3 is 15.1 Å². The molecular weight excluding hydrogens is 248 g/mol. The van der Waals surface area contributed by atoms with Crippen LogP contribution in [0.5, 0.6) is 0 Å². The van der Waals surface area contributed by atoms with Crippen LogP contribution < -0.4 is 5.32 Å². The molecule has 1 atom stereocenters. The monoisotopic (exact) mass is 280 g/mol. The number of nitrogens with zero attached hydrogens (tertiary/aromatic N) is 3. The molecule has 2 saturated heterocycles. The summed E-state index contributed by atoms with van der Waals surface area (Å²) in [6.07, 6.45) is 5.35. The van der Waals surface area contributed by atoms with Crippen LogP contribution in [0.25, 0.3) is 0 Å². The van der Waals surface area contributed by atoms with Gasteiger partial charge in [-0.3, -0.25) is 4.99 Å². The van der Waals surface area contributed by atoms with Crippen LogP contribution in [0.1, 0.15) is 39.5 Å². The van der Waals surface area contributed by atoms with Crippen LogP contribution in [0.2, 0.25) is 0 Å². The van der Waals surface area contributed by atoms with Gasteiger partial charge >= 0.3 is 0 Å². The van der Waals surface area contributed by atoms with Gasteiger partial charge in [0.05, 0.1) is 0 Å². The summed E-state index contributed by atoms with van der Waals surface area (Å²) in [5, 5.41) is 3.55. The summed E-state index contributed by atoms with van der Waals surface area (Å²) in [6, 6.07) is 0. The van der Waals surface area contributed by atoms with Crippen molar-refractivity contribution in [3.05, 3.63) is 0 Å². The second-order valence-electron chi connectivity index (χ2n) is 6.69. The molecule has 2 fully saturated rings. The molecule has 0 aromatic heterocycles. The van der Waals surface area contributed by atoms with Crippen molar-refractivity contribution in [1.29, 1.82) is 0 Å². The predicted molar refractivity (Wildman–Crippen MR) is 86.2 cm³/mol. The fraction of sp³-hybridized carbons (Fsp3) is 0.938. The molecule has 20 heavy (non-hydrogen) atoms. The Morgan fingerprint density at radius 3 is 2.50 bits per heavy atom. The molecule has 0 saturated carbocycles. The van der Waals surface area contributed by atoms with Crippen LogP contribution in [0.4, 0.5) is 0 Å². The number of aliphatic imine (C=N–C) groups is 1. The summed E-state index contributed by atoms with van der Waals surface area (Å²) in [5.74, 6) is 2.84. The molecule has 0 amide bonds. The van der Waals surface area contributed by atoms with Gasteiger partial charge in [0.15, 0.2) is 5.96 Å². The zero-order valence-corrected chi connectivity index (χ0v) is 13.6. The fourth-order valence-corrected chi connectivity index (χ4v) is 3.37. The minimum absolute atomic E-state index is 0.867. The normalized spacial score (nSPS) is 26.9. The smallest absolute Gasteiger partial charge is 0.193 e. The lowest BCUT2D eigenvalue weighted by atomic mass is 9.99. The molecule has 0 aromatic rings. The highest BCUT2D eigenvalue weighted by Gasteiger charge is 2.19. The van der Waals surface area contributed by atoms with Crippen molar-refractivity contribution in [1.82, 2.24) is 15.1 Å². The lowest BCUT2D eigenvalue weighted by molar-refractivity contribution is 0.186. The van der Waals surface area contributed by atoms with Crippen molar-refractivity contribution in [3.8, 4) is 0 Å². The summed E-state index contributed by atoms with van der Waals surface area (Å²) in [6.45, 7) is 11.7. The Morgan fingerprint density at radius 2 is 1.85 bits per heavy atom. The molecule has 2 rings (SSSR count). The largest absolute Gasteiger partial charge is 0.355 e. The van der Waals surface area contributed by atoms with E-state index < -0.39 is 0 Å². The quantitative estimate of drug-likeness (QED) is 0.634. The molecule has 0 bridgehead atoms. The SMILES string of the molecule is CN=C(NCCN1CCCC(C)C1)N1CCC(C)CC1. The maximum atomic E-state index is 4.45. The molecule has 4 heteroatoms. The Hall–Kier alpha value is -0.770. The van der Waals surface area contributed by atoms with E-state index in [0.29, 0.717) is 0 Å². The van der Waals surface area contributed by atoms with E-state index in [4.69, 9.17) is 0 Å². The van der Waals surface area contributed by atoms with Crippen LogP contribution in [0.3, 0.4) is 0 Å². The van der Waals surface area contributed by atoms with E-state index in [-0.39, 0.29) is 0 Å². The van der Waals surface area contributed by atoms with Crippen LogP contribution in [-0.4, -0.2) is 62.1 Å². The highest BCUT2D eigenvalue weighted by Crippen LogP contribution is 2.16. The number of piperidine rings is 2. The van der Waals surface area contributed by atoms with Gasteiger partial charge in [-0.15, -0.1) is 0 Å². The Balaban J connectivity index is 1.69. The molecular formula is C16H32N4. The Labute approximate surface area is 124 Å². The third-order valence-corrected chi connectivity index (χ3v) is 4.75. The molecule has 0 radical (unpaired) electrons. The first-order chi connectivity index (χ1) is 9.69. The summed E-state index contributed by atoms with van der Waals surface area (Å²) in [7, 11) is 1.91. The molecule has 116 valence electrons. The molecule has 4 nitrogen and oxygen atoms in total. The van der Waals surface area contributed by atoms with E-state index in [1.54, 1.807) is 0 Å². The number of likely N-dealkylation sites (tertiary alicyclic amines) is 2. The second-order valence-corrected chi connectivity index (χ2v) is 6.69. The van der Waals surface area contributed by atoms with Crippen LogP contribution >= 0.6 is 0 Å². The predicted octanol–water partition coefficient (Wildman–Crippen LogP) is 2.03. The minimum atomic E-state index is 0.867. The van der Waals surface area contributed by atoms with Crippen molar-refractivity contribution >= 4 is 5.96 Å². The minimum Gasteiger partial charge on any atom is -0.355 e. The van der Waals surface area contributed by atoms with Gasteiger partial charge in [-0.05, 0) is 44.1 Å². The molecule has 2 aliphatic rings. The number of hydrogen-bond acceptors (Lipinski definition) is 2. The molecule has 0 spiro atoms. The third kappa shape index (κ3) is 4.65. The first-order valence-electron chi connectivity index (χ1n) is 8.37. The van der Waals surface area contributed by atoms with Gasteiger partial charge in [0.1, 0.15) is 0 Å². The summed E-state index contributed by atoms with van der Waals surface area (Å²) < 4.78 is 0. The first kappa shape index (κ1) is 15.6. The van der Waals surface area contributed by atoms with Gasteiger partial charge in [0.25, 0.3) is 0 Å². The van der Waals surface area contributed by atoms with E-state index in [1.165, 1.54) is 38.8 Å². The van der Waals surface area contributed by atoms with Crippen molar-refractivity contribution in [2.45, 2.75) is 39.5 Å². The number of nitrogens with one attached hydrogen (secondary N) is 1. The molecule has 1 unspecified atom stereocenters. The number of hydrogen-bond donors (Lipinski definition) is 1. The molecule has 2 aliphatic heterocycles. The van der Waals surface area contributed by atoms with Crippen molar-refractivity contribution in [2.24, 2.45) is 16.8 Å². The zero-order valence-electron chi connectivity index (χ0n) is 13.6. The molecule has 2 heterocycles. The lowest BCUT2D eigenvalue weighted by Crippen LogP contribution is -2.48. The molecule has 0 aliphatic carbocycles. The first-order valence-corrected chi connectivity index (χ1v) is 8.37. The zero-order chi connectivity index (χ0) is 14.4. The summed E-state index contributed by atoms with van der Waals surface area (Å²) in [5.41, 5.74) is 0. The van der Waals surface area contributed by atoms with Crippen LogP contribution in [0.15, 0.2) is 4.99 Å². The second kappa shape index (κ2) is 7.87. The summed E-state index contributed by atoms with van der Waals surface area (Å²) >= 11 is 0. The van der Waals surface area contributed by atoms with Crippen LogP contribution in [-0.2, 0) is 0 Å². The van der Waals surface area contributed by atoms with Crippen molar-refractivity contribution in [2.75, 3.05) is 46.3 Å². The Morgan fingerprint density at radius 1 is 1.10 bits per heavy atom. The molecule has 0 aromatic carbocycles. The lowest BCUT2D eigenvalue weighted by Gasteiger charge is -2.34. The highest BCUT2D eigenvalue weighted by atomic mass is 15.3. The number of rotatable bonds is 3. The van der Waals surface area contributed by atoms with Gasteiger partial charge in [-0.2, -0.15) is 0 Å². The van der Waals surface area contributed by atoms with E-state index in [9.17, 15) is 0 Å². The Kier molecular flexibility index (Phi) is 6.14. The average molecular weight is 280 g/mol. The highest BCUT2D eigenvalue weighted by molar-refractivity contribution is 5.79. The summed E-state index contributed by atoms with van der Waals surface area (Å²) in [4.78, 5) is 9.45. The Bertz CT molecular complexity index is 308. The van der Waals surface area contributed by atoms with Crippen molar-refractivity contribution < 1.29 is 0 Å². The van der Waals surface area contributed by atoms with E-state index >= 15 is 0 Å². The topological polar surface area (TPSA) is 30.9 Å². The van der Waals surface area contributed by atoms with Gasteiger partial charge in [0, 0.05) is 39.8 Å². The van der Waals surface area contributed by atoms with E-state index in [0.717, 1.165) is 44.0 Å².